The zero-order chi connectivity index (χ0) is 14.5. The van der Waals surface area contributed by atoms with Gasteiger partial charge < -0.3 is 10.1 Å². The minimum absolute atomic E-state index is 0.0757. The molecule has 4 nitrogen and oxygen atoms in total. The average Bonchev–Trinajstić information content (AvgIpc) is 2.41. The van der Waals surface area contributed by atoms with Gasteiger partial charge in [0, 0.05) is 19.1 Å². The lowest BCUT2D eigenvalue weighted by molar-refractivity contribution is -0.690. The second-order valence-electron chi connectivity index (χ2n) is 4.72. The smallest absolute Gasteiger partial charge is 0.290 e. The number of pyridine rings is 1. The molecule has 1 aromatic carbocycles. The van der Waals surface area contributed by atoms with Crippen LogP contribution in [0.25, 0.3) is 0 Å². The number of amides is 1. The molecule has 1 heterocycles. The van der Waals surface area contributed by atoms with Gasteiger partial charge in [-0.1, -0.05) is 12.1 Å². The zero-order valence-electron chi connectivity index (χ0n) is 12.0. The molecule has 0 fully saturated rings. The third-order valence-corrected chi connectivity index (χ3v) is 3.11. The van der Waals surface area contributed by atoms with Crippen molar-refractivity contribution in [1.82, 2.24) is 0 Å². The number of benzene rings is 1. The summed E-state index contributed by atoms with van der Waals surface area (Å²) in [4.78, 5) is 12.1. The Hall–Kier alpha value is -2.36. The van der Waals surface area contributed by atoms with E-state index in [9.17, 15) is 4.79 Å². The Morgan fingerprint density at radius 3 is 2.75 bits per heavy atom. The van der Waals surface area contributed by atoms with Crippen LogP contribution in [0.15, 0.2) is 42.6 Å². The van der Waals surface area contributed by atoms with E-state index in [1.165, 1.54) is 0 Å². The fourth-order valence-electron chi connectivity index (χ4n) is 2.00. The second-order valence-corrected chi connectivity index (χ2v) is 4.72. The maximum Gasteiger partial charge on any atom is 0.290 e. The van der Waals surface area contributed by atoms with Gasteiger partial charge in [0.05, 0.1) is 12.8 Å². The van der Waals surface area contributed by atoms with Crippen molar-refractivity contribution in [2.75, 3.05) is 12.4 Å². The van der Waals surface area contributed by atoms with Gasteiger partial charge in [0.2, 0.25) is 6.54 Å². The van der Waals surface area contributed by atoms with Crippen molar-refractivity contribution in [1.29, 1.82) is 0 Å². The molecular formula is C16H19N2O2+. The molecule has 0 atom stereocenters. The number of carbonyl (C=O) groups excluding carboxylic acids is 1. The van der Waals surface area contributed by atoms with Gasteiger partial charge in [-0.15, -0.1) is 0 Å². The van der Waals surface area contributed by atoms with Gasteiger partial charge in [-0.05, 0) is 24.6 Å². The molecule has 0 spiro atoms. The summed E-state index contributed by atoms with van der Waals surface area (Å²) in [5, 5.41) is 2.89. The molecule has 0 unspecified atom stereocenters. The average molecular weight is 271 g/mol. The van der Waals surface area contributed by atoms with Crippen LogP contribution >= 0.6 is 0 Å². The van der Waals surface area contributed by atoms with E-state index in [0.717, 1.165) is 11.3 Å². The first kappa shape index (κ1) is 14.1. The molecule has 4 heteroatoms. The molecule has 0 aliphatic rings. The number of ether oxygens (including phenoxy) is 1. The van der Waals surface area contributed by atoms with E-state index in [1.807, 2.05) is 61.0 Å². The fraction of sp³-hybridized carbons (Fsp3) is 0.250. The minimum atomic E-state index is -0.0757. The third kappa shape index (κ3) is 3.35. The molecule has 0 bridgehead atoms. The van der Waals surface area contributed by atoms with Crippen LogP contribution < -0.4 is 14.6 Å². The van der Waals surface area contributed by atoms with Crippen molar-refractivity contribution < 1.29 is 14.1 Å². The summed E-state index contributed by atoms with van der Waals surface area (Å²) >= 11 is 0. The first-order valence-electron chi connectivity index (χ1n) is 6.49. The molecule has 104 valence electrons. The number of carbonyl (C=O) groups is 1. The maximum atomic E-state index is 12.1. The molecular weight excluding hydrogens is 252 g/mol. The number of methoxy groups -OCH3 is 1. The summed E-state index contributed by atoms with van der Waals surface area (Å²) in [5.41, 5.74) is 2.81. The number of anilines is 1. The first-order chi connectivity index (χ1) is 9.60. The van der Waals surface area contributed by atoms with Crippen molar-refractivity contribution in [3.63, 3.8) is 0 Å². The minimum Gasteiger partial charge on any atom is -0.495 e. The van der Waals surface area contributed by atoms with Gasteiger partial charge in [0.25, 0.3) is 5.91 Å². The highest BCUT2D eigenvalue weighted by Gasteiger charge is 2.13. The van der Waals surface area contributed by atoms with E-state index >= 15 is 0 Å². The number of nitrogens with zero attached hydrogens (tertiary/aromatic N) is 1. The molecule has 2 rings (SSSR count). The molecule has 2 aromatic rings. The molecule has 1 amide bonds. The summed E-state index contributed by atoms with van der Waals surface area (Å²) in [6, 6.07) is 11.5. The van der Waals surface area contributed by atoms with Crippen molar-refractivity contribution in [2.45, 2.75) is 20.4 Å². The summed E-state index contributed by atoms with van der Waals surface area (Å²) in [6.07, 6.45) is 1.89. The van der Waals surface area contributed by atoms with Crippen LogP contribution in [0.2, 0.25) is 0 Å². The van der Waals surface area contributed by atoms with E-state index in [-0.39, 0.29) is 12.5 Å². The Kier molecular flexibility index (Phi) is 4.35. The molecule has 0 saturated carbocycles. The van der Waals surface area contributed by atoms with Gasteiger partial charge in [-0.25, -0.2) is 0 Å². The lowest BCUT2D eigenvalue weighted by Gasteiger charge is -2.10. The van der Waals surface area contributed by atoms with E-state index in [0.29, 0.717) is 11.4 Å². The van der Waals surface area contributed by atoms with Crippen LogP contribution in [0.5, 0.6) is 5.75 Å². The topological polar surface area (TPSA) is 42.2 Å². The number of aromatic nitrogens is 1. The first-order valence-corrected chi connectivity index (χ1v) is 6.49. The normalized spacial score (nSPS) is 10.2. The summed E-state index contributed by atoms with van der Waals surface area (Å²) < 4.78 is 7.15. The van der Waals surface area contributed by atoms with E-state index in [4.69, 9.17) is 4.74 Å². The maximum absolute atomic E-state index is 12.1. The lowest BCUT2D eigenvalue weighted by atomic mass is 10.2. The third-order valence-electron chi connectivity index (χ3n) is 3.11. The Morgan fingerprint density at radius 2 is 2.05 bits per heavy atom. The Labute approximate surface area is 119 Å². The fourth-order valence-corrected chi connectivity index (χ4v) is 2.00. The molecule has 0 aliphatic carbocycles. The predicted molar refractivity (Wildman–Crippen MR) is 77.7 cm³/mol. The van der Waals surface area contributed by atoms with Crippen LogP contribution in [-0.2, 0) is 11.3 Å². The number of nitrogens with one attached hydrogen (secondary N) is 1. The van der Waals surface area contributed by atoms with Crippen molar-refractivity contribution in [3.8, 4) is 5.75 Å². The van der Waals surface area contributed by atoms with Crippen LogP contribution in [0.3, 0.4) is 0 Å². The highest BCUT2D eigenvalue weighted by Crippen LogP contribution is 2.24. The molecule has 0 aliphatic heterocycles. The zero-order valence-corrected chi connectivity index (χ0v) is 12.0. The highest BCUT2D eigenvalue weighted by molar-refractivity contribution is 5.91. The lowest BCUT2D eigenvalue weighted by Crippen LogP contribution is -2.42. The number of hydrogen-bond donors (Lipinski definition) is 1. The Bertz CT molecular complexity index is 624. The van der Waals surface area contributed by atoms with Crippen LogP contribution in [-0.4, -0.2) is 13.0 Å². The molecule has 1 N–H and O–H groups in total. The predicted octanol–water partition coefficient (Wildman–Crippen LogP) is 2.24. The largest absolute Gasteiger partial charge is 0.495 e. The monoisotopic (exact) mass is 271 g/mol. The molecule has 20 heavy (non-hydrogen) atoms. The van der Waals surface area contributed by atoms with Gasteiger partial charge in [-0.2, -0.15) is 4.57 Å². The molecule has 0 saturated heterocycles. The van der Waals surface area contributed by atoms with E-state index in [1.54, 1.807) is 7.11 Å². The summed E-state index contributed by atoms with van der Waals surface area (Å²) in [7, 11) is 1.59. The van der Waals surface area contributed by atoms with E-state index < -0.39 is 0 Å². The standard InChI is InChI=1S/C16H18N2O2/c1-12-7-8-15(20-3)14(10-12)17-16(19)11-18-9-5-4-6-13(18)2/h4-10H,11H2,1-3H3/p+1. The molecule has 0 radical (unpaired) electrons. The quantitative estimate of drug-likeness (QED) is 0.867. The van der Waals surface area contributed by atoms with Crippen molar-refractivity contribution in [3.05, 3.63) is 53.9 Å². The number of aryl methyl sites for hydroxylation is 2. The Morgan fingerprint density at radius 1 is 1.25 bits per heavy atom. The van der Waals surface area contributed by atoms with Crippen LogP contribution in [0.4, 0.5) is 5.69 Å². The van der Waals surface area contributed by atoms with Crippen LogP contribution in [0.1, 0.15) is 11.3 Å². The SMILES string of the molecule is COc1ccc(C)cc1NC(=O)C[n+]1ccccc1C. The summed E-state index contributed by atoms with van der Waals surface area (Å²) in [6.45, 7) is 4.23. The van der Waals surface area contributed by atoms with Crippen molar-refractivity contribution in [2.24, 2.45) is 0 Å². The van der Waals surface area contributed by atoms with Gasteiger partial charge in [0.15, 0.2) is 11.9 Å². The van der Waals surface area contributed by atoms with E-state index in [2.05, 4.69) is 5.32 Å². The number of hydrogen-bond acceptors (Lipinski definition) is 2. The Balaban J connectivity index is 2.12. The number of rotatable bonds is 4. The molecule has 1 aromatic heterocycles. The second kappa shape index (κ2) is 6.19. The van der Waals surface area contributed by atoms with Crippen LogP contribution in [0, 0.1) is 13.8 Å². The van der Waals surface area contributed by atoms with Crippen molar-refractivity contribution >= 4 is 11.6 Å². The van der Waals surface area contributed by atoms with Gasteiger partial charge in [0.1, 0.15) is 5.75 Å². The highest BCUT2D eigenvalue weighted by atomic mass is 16.5. The van der Waals surface area contributed by atoms with Gasteiger partial charge >= 0.3 is 0 Å². The van der Waals surface area contributed by atoms with Gasteiger partial charge in [-0.3, -0.25) is 4.79 Å². The summed E-state index contributed by atoms with van der Waals surface area (Å²) in [5.74, 6) is 0.590.